The lowest BCUT2D eigenvalue weighted by Gasteiger charge is -2.39. The van der Waals surface area contributed by atoms with Crippen molar-refractivity contribution in [3.8, 4) is 17.1 Å². The smallest absolute Gasteiger partial charge is 0.228 e. The summed E-state index contributed by atoms with van der Waals surface area (Å²) in [6.45, 7) is 10.4. The topological polar surface area (TPSA) is 85.1 Å². The third kappa shape index (κ3) is 5.50. The Balaban J connectivity index is 1.07. The molecule has 2 fully saturated rings. The van der Waals surface area contributed by atoms with Crippen molar-refractivity contribution >= 4 is 28.9 Å². The Morgan fingerprint density at radius 3 is 2.61 bits per heavy atom. The molecule has 0 spiro atoms. The normalized spacial score (nSPS) is 18.4. The number of likely N-dealkylation sites (tertiary alicyclic amines) is 1. The van der Waals surface area contributed by atoms with Gasteiger partial charge in [-0.05, 0) is 55.4 Å². The van der Waals surface area contributed by atoms with Crippen molar-refractivity contribution in [2.75, 3.05) is 56.0 Å². The summed E-state index contributed by atoms with van der Waals surface area (Å²) in [7, 11) is 0. The molecule has 1 atom stereocenters. The van der Waals surface area contributed by atoms with Gasteiger partial charge in [-0.25, -0.2) is 4.98 Å². The summed E-state index contributed by atoms with van der Waals surface area (Å²) in [4.78, 5) is 23.7. The molecule has 0 unspecified atom stereocenters. The van der Waals surface area contributed by atoms with Gasteiger partial charge in [-0.3, -0.25) is 9.69 Å². The van der Waals surface area contributed by atoms with Crippen LogP contribution in [0, 0.1) is 5.92 Å². The molecule has 0 saturated carbocycles. The number of piperazine rings is 1. The fraction of sp³-hybridized carbons (Fsp3) is 0.333. The Hall–Kier alpha value is -3.49. The average Bonchev–Trinajstić information content (AvgIpc) is 3.59. The molecule has 8 nitrogen and oxygen atoms in total. The lowest BCUT2D eigenvalue weighted by Crippen LogP contribution is -2.47. The minimum Gasteiger partial charge on any atom is -0.506 e. The number of benzene rings is 2. The number of rotatable bonds is 7. The Labute approximate surface area is 215 Å². The van der Waals surface area contributed by atoms with E-state index < -0.39 is 0 Å². The summed E-state index contributed by atoms with van der Waals surface area (Å²) < 4.78 is 5.37. The molecule has 2 aromatic carbocycles. The number of aromatic hydroxyl groups is 1. The number of carbonyl (C=O) groups excluding carboxylic acids is 1. The molecular formula is C27H30ClN5O3. The van der Waals surface area contributed by atoms with Gasteiger partial charge in [0.2, 0.25) is 5.91 Å². The van der Waals surface area contributed by atoms with Crippen molar-refractivity contribution in [2.24, 2.45) is 5.92 Å². The van der Waals surface area contributed by atoms with Gasteiger partial charge < -0.3 is 24.6 Å². The lowest BCUT2D eigenvalue weighted by molar-refractivity contribution is -0.119. The van der Waals surface area contributed by atoms with Crippen molar-refractivity contribution in [1.82, 2.24) is 14.8 Å². The maximum absolute atomic E-state index is 12.7. The van der Waals surface area contributed by atoms with Gasteiger partial charge in [-0.1, -0.05) is 18.2 Å². The van der Waals surface area contributed by atoms with Crippen LogP contribution in [0.25, 0.3) is 11.3 Å². The first kappa shape index (κ1) is 24.2. The fourth-order valence-electron chi connectivity index (χ4n) is 4.85. The highest BCUT2D eigenvalue weighted by molar-refractivity contribution is 6.32. The zero-order valence-corrected chi connectivity index (χ0v) is 20.8. The molecule has 0 radical (unpaired) electrons. The number of hydrogen-bond acceptors (Lipinski definition) is 7. The highest BCUT2D eigenvalue weighted by Gasteiger charge is 2.29. The van der Waals surface area contributed by atoms with E-state index in [-0.39, 0.29) is 22.6 Å². The van der Waals surface area contributed by atoms with Gasteiger partial charge in [-0.15, -0.1) is 0 Å². The monoisotopic (exact) mass is 507 g/mol. The summed E-state index contributed by atoms with van der Waals surface area (Å²) in [6.07, 6.45) is 3.98. The number of oxazole rings is 1. The van der Waals surface area contributed by atoms with Crippen molar-refractivity contribution in [2.45, 2.75) is 6.42 Å². The highest BCUT2D eigenvalue weighted by Crippen LogP contribution is 2.28. The van der Waals surface area contributed by atoms with Gasteiger partial charge in [0, 0.05) is 61.9 Å². The second-order valence-electron chi connectivity index (χ2n) is 9.33. The third-order valence-electron chi connectivity index (χ3n) is 6.94. The number of hydrogen-bond donors (Lipinski definition) is 2. The van der Waals surface area contributed by atoms with Crippen LogP contribution in [-0.2, 0) is 4.79 Å². The summed E-state index contributed by atoms with van der Waals surface area (Å²) >= 11 is 5.95. The number of anilines is 2. The molecule has 9 heteroatoms. The van der Waals surface area contributed by atoms with E-state index in [4.69, 9.17) is 16.0 Å². The largest absolute Gasteiger partial charge is 0.506 e. The minimum atomic E-state index is -0.0813. The molecule has 5 rings (SSSR count). The molecule has 2 aliphatic heterocycles. The van der Waals surface area contributed by atoms with Crippen molar-refractivity contribution in [3.05, 3.63) is 72.4 Å². The van der Waals surface area contributed by atoms with Crippen LogP contribution in [0.15, 0.2) is 71.7 Å². The zero-order valence-electron chi connectivity index (χ0n) is 20.1. The Kier molecular flexibility index (Phi) is 7.16. The number of halogens is 1. The van der Waals surface area contributed by atoms with E-state index >= 15 is 0 Å². The van der Waals surface area contributed by atoms with E-state index in [1.807, 2.05) is 0 Å². The number of nitrogens with zero attached hydrogens (tertiary/aromatic N) is 4. The van der Waals surface area contributed by atoms with E-state index in [1.54, 1.807) is 18.3 Å². The van der Waals surface area contributed by atoms with Gasteiger partial charge in [-0.2, -0.15) is 0 Å². The van der Waals surface area contributed by atoms with E-state index in [2.05, 4.69) is 55.8 Å². The predicted octanol–water partition coefficient (Wildman–Crippen LogP) is 4.30. The highest BCUT2D eigenvalue weighted by atomic mass is 35.5. The van der Waals surface area contributed by atoms with E-state index in [0.29, 0.717) is 12.2 Å². The van der Waals surface area contributed by atoms with E-state index in [9.17, 15) is 9.90 Å². The van der Waals surface area contributed by atoms with Crippen LogP contribution in [0.3, 0.4) is 0 Å². The molecular weight excluding hydrogens is 478 g/mol. The maximum Gasteiger partial charge on any atom is 0.228 e. The molecule has 3 heterocycles. The summed E-state index contributed by atoms with van der Waals surface area (Å²) in [5.74, 6) is 0.672. The van der Waals surface area contributed by atoms with E-state index in [0.717, 1.165) is 62.7 Å². The molecule has 1 aromatic heterocycles. The van der Waals surface area contributed by atoms with E-state index in [1.165, 1.54) is 18.1 Å². The summed E-state index contributed by atoms with van der Waals surface area (Å²) in [5.41, 5.74) is 3.91. The van der Waals surface area contributed by atoms with Crippen LogP contribution in [-0.4, -0.2) is 71.6 Å². The average molecular weight is 508 g/mol. The molecule has 188 valence electrons. The quantitative estimate of drug-likeness (QED) is 0.461. The summed E-state index contributed by atoms with van der Waals surface area (Å²) in [5, 5.41) is 12.7. The van der Waals surface area contributed by atoms with Gasteiger partial charge >= 0.3 is 0 Å². The second-order valence-corrected chi connectivity index (χ2v) is 9.74. The number of amides is 1. The molecule has 0 aliphatic carbocycles. The maximum atomic E-state index is 12.7. The Morgan fingerprint density at radius 1 is 1.14 bits per heavy atom. The number of nitrogens with one attached hydrogen (secondary N) is 1. The second kappa shape index (κ2) is 10.6. The first-order chi connectivity index (χ1) is 17.5. The van der Waals surface area contributed by atoms with Crippen LogP contribution in [0.2, 0.25) is 5.02 Å². The van der Waals surface area contributed by atoms with Crippen LogP contribution in [0.5, 0.6) is 5.75 Å². The molecule has 36 heavy (non-hydrogen) atoms. The predicted molar refractivity (Wildman–Crippen MR) is 141 cm³/mol. The Bertz CT molecular complexity index is 1210. The molecule has 3 aromatic rings. The third-order valence-corrected chi connectivity index (χ3v) is 7.24. The number of aromatic nitrogens is 1. The molecule has 2 aliphatic rings. The van der Waals surface area contributed by atoms with Crippen LogP contribution < -0.4 is 10.2 Å². The molecule has 1 amide bonds. The van der Waals surface area contributed by atoms with Crippen molar-refractivity contribution < 1.29 is 14.3 Å². The molecule has 0 bridgehead atoms. The number of carbonyl (C=O) groups is 1. The summed E-state index contributed by atoms with van der Waals surface area (Å²) in [6, 6.07) is 13.1. The van der Waals surface area contributed by atoms with Gasteiger partial charge in [0.1, 0.15) is 5.75 Å². The van der Waals surface area contributed by atoms with Crippen molar-refractivity contribution in [3.63, 3.8) is 0 Å². The number of phenols is 1. The van der Waals surface area contributed by atoms with Crippen molar-refractivity contribution in [1.29, 1.82) is 0 Å². The first-order valence-corrected chi connectivity index (χ1v) is 12.5. The standard InChI is InChI=1S/C27H30ClN5O3/c1-19(16-31-9-8-21(17-31)27(35)30-22-4-7-25(34)24(28)14-22)32-10-12-33(13-11-32)23-5-2-20(3-6-23)26-15-29-18-36-26/h2-7,14-15,18,21,34H,1,8-13,16-17H2,(H,30,35)/t21-/m1/s1. The van der Waals surface area contributed by atoms with Gasteiger partial charge in [0.25, 0.3) is 0 Å². The van der Waals surface area contributed by atoms with Crippen LogP contribution in [0.1, 0.15) is 6.42 Å². The van der Waals surface area contributed by atoms with Crippen LogP contribution >= 0.6 is 11.6 Å². The zero-order chi connectivity index (χ0) is 25.1. The SMILES string of the molecule is C=C(CN1CC[C@@H](C(=O)Nc2ccc(O)c(Cl)c2)C1)N1CCN(c2ccc(-c3cnco3)cc2)CC1. The fourth-order valence-corrected chi connectivity index (χ4v) is 5.03. The number of phenolic OH excluding ortho intramolecular Hbond substituents is 1. The molecule has 2 N–H and O–H groups in total. The van der Waals surface area contributed by atoms with Gasteiger partial charge in [0.05, 0.1) is 17.1 Å². The molecule has 2 saturated heterocycles. The Morgan fingerprint density at radius 2 is 1.92 bits per heavy atom. The lowest BCUT2D eigenvalue weighted by atomic mass is 10.1. The van der Waals surface area contributed by atoms with Gasteiger partial charge in [0.15, 0.2) is 12.2 Å². The first-order valence-electron chi connectivity index (χ1n) is 12.1. The van der Waals surface area contributed by atoms with Crippen LogP contribution in [0.4, 0.5) is 11.4 Å². The minimum absolute atomic E-state index is 0.00166.